The fourth-order valence-corrected chi connectivity index (χ4v) is 3.65. The lowest BCUT2D eigenvalue weighted by atomic mass is 9.87. The van der Waals surface area contributed by atoms with E-state index in [1.807, 2.05) is 29.6 Å². The Labute approximate surface area is 173 Å². The summed E-state index contributed by atoms with van der Waals surface area (Å²) in [6.45, 7) is 6.36. The molecule has 29 heavy (non-hydrogen) atoms. The van der Waals surface area contributed by atoms with Crippen LogP contribution in [-0.2, 0) is 5.41 Å². The first kappa shape index (κ1) is 19.2. The molecule has 1 aliphatic heterocycles. The highest BCUT2D eigenvalue weighted by Crippen LogP contribution is 2.35. The number of ether oxygens (including phenoxy) is 2. The minimum Gasteiger partial charge on any atom is -0.452 e. The largest absolute Gasteiger partial charge is 0.452 e. The van der Waals surface area contributed by atoms with Crippen LogP contribution < -0.4 is 9.47 Å². The first-order valence-corrected chi connectivity index (χ1v) is 10.1. The summed E-state index contributed by atoms with van der Waals surface area (Å²) < 4.78 is 11.2. The number of benzene rings is 2. The Morgan fingerprint density at radius 2 is 1.83 bits per heavy atom. The Hall–Kier alpha value is -3.18. The number of rotatable bonds is 3. The van der Waals surface area contributed by atoms with E-state index >= 15 is 0 Å². The van der Waals surface area contributed by atoms with Gasteiger partial charge < -0.3 is 9.47 Å². The van der Waals surface area contributed by atoms with Gasteiger partial charge in [-0.1, -0.05) is 39.0 Å². The lowest BCUT2D eigenvalue weighted by Crippen LogP contribution is -2.12. The van der Waals surface area contributed by atoms with Crippen LogP contribution in [0.3, 0.4) is 0 Å². The zero-order valence-electron chi connectivity index (χ0n) is 16.4. The van der Waals surface area contributed by atoms with Gasteiger partial charge in [-0.05, 0) is 46.7 Å². The summed E-state index contributed by atoms with van der Waals surface area (Å²) in [6.07, 6.45) is 1.72. The maximum absolute atomic E-state index is 12.5. The van der Waals surface area contributed by atoms with Gasteiger partial charge in [0.1, 0.15) is 11.5 Å². The molecule has 0 saturated heterocycles. The average Bonchev–Trinajstić information content (AvgIpc) is 3.30. The number of allylic oxidation sites excluding steroid dienone is 1. The highest BCUT2D eigenvalue weighted by Gasteiger charge is 2.28. The molecule has 0 N–H and O–H groups in total. The molecule has 0 saturated carbocycles. The normalized spacial score (nSPS) is 14.6. The molecule has 0 bridgehead atoms. The monoisotopic (exact) mass is 404 g/mol. The Balaban J connectivity index is 1.51. The molecule has 0 fully saturated rings. The summed E-state index contributed by atoms with van der Waals surface area (Å²) in [4.78, 5) is 25.9. The molecule has 146 valence electrons. The van der Waals surface area contributed by atoms with Crippen molar-refractivity contribution < 1.29 is 19.1 Å². The molecule has 0 unspecified atom stereocenters. The first-order valence-electron chi connectivity index (χ1n) is 9.26. The van der Waals surface area contributed by atoms with E-state index in [1.54, 1.807) is 36.4 Å². The van der Waals surface area contributed by atoms with E-state index in [0.717, 1.165) is 10.4 Å². The highest BCUT2D eigenvalue weighted by atomic mass is 32.1. The second-order valence-electron chi connectivity index (χ2n) is 7.83. The van der Waals surface area contributed by atoms with E-state index in [1.165, 1.54) is 11.3 Å². The molecule has 5 heteroatoms. The van der Waals surface area contributed by atoms with Gasteiger partial charge in [-0.15, -0.1) is 11.3 Å². The van der Waals surface area contributed by atoms with Gasteiger partial charge in [-0.3, -0.25) is 4.79 Å². The lowest BCUT2D eigenvalue weighted by molar-refractivity contribution is 0.0734. The Bertz CT molecular complexity index is 1100. The van der Waals surface area contributed by atoms with Crippen molar-refractivity contribution in [3.63, 3.8) is 0 Å². The van der Waals surface area contributed by atoms with E-state index in [2.05, 4.69) is 20.8 Å². The van der Waals surface area contributed by atoms with Gasteiger partial charge >= 0.3 is 5.97 Å². The second-order valence-corrected chi connectivity index (χ2v) is 8.81. The molecule has 4 nitrogen and oxygen atoms in total. The van der Waals surface area contributed by atoms with Gasteiger partial charge in [-0.2, -0.15) is 0 Å². The molecule has 0 spiro atoms. The van der Waals surface area contributed by atoms with Crippen LogP contribution in [0.2, 0.25) is 0 Å². The van der Waals surface area contributed by atoms with Crippen LogP contribution in [0.25, 0.3) is 6.08 Å². The topological polar surface area (TPSA) is 52.6 Å². The van der Waals surface area contributed by atoms with Crippen molar-refractivity contribution in [3.05, 3.63) is 87.3 Å². The van der Waals surface area contributed by atoms with Crippen LogP contribution in [0.15, 0.2) is 65.7 Å². The summed E-state index contributed by atoms with van der Waals surface area (Å²) >= 11 is 1.52. The molecule has 0 radical (unpaired) electrons. The zero-order chi connectivity index (χ0) is 20.6. The number of hydrogen-bond acceptors (Lipinski definition) is 5. The van der Waals surface area contributed by atoms with Crippen LogP contribution in [-0.4, -0.2) is 11.8 Å². The van der Waals surface area contributed by atoms with Crippen LogP contribution in [0.5, 0.6) is 11.5 Å². The van der Waals surface area contributed by atoms with Crippen molar-refractivity contribution in [2.24, 2.45) is 0 Å². The van der Waals surface area contributed by atoms with Crippen LogP contribution in [0, 0.1) is 0 Å². The van der Waals surface area contributed by atoms with E-state index in [4.69, 9.17) is 9.47 Å². The maximum atomic E-state index is 12.5. The number of ketones is 1. The third-order valence-corrected chi connectivity index (χ3v) is 5.47. The van der Waals surface area contributed by atoms with Gasteiger partial charge in [-0.25, -0.2) is 4.79 Å². The molecule has 4 rings (SSSR count). The Morgan fingerprint density at radius 3 is 2.48 bits per heavy atom. The van der Waals surface area contributed by atoms with E-state index < -0.39 is 5.97 Å². The second kappa shape index (κ2) is 7.33. The molecule has 2 aromatic carbocycles. The van der Waals surface area contributed by atoms with Gasteiger partial charge in [0.15, 0.2) is 5.76 Å². The fraction of sp³-hybridized carbons (Fsp3) is 0.167. The van der Waals surface area contributed by atoms with Crippen molar-refractivity contribution in [1.82, 2.24) is 0 Å². The Morgan fingerprint density at radius 1 is 1.07 bits per heavy atom. The SMILES string of the molecule is CC(C)(C)c1ccc(C(=O)Oc2ccc3c(c2)O/C(=C\c2cccs2)C3=O)cc1. The number of Topliss-reactive ketones (excluding diaryl/α,β-unsaturated/α-hetero) is 1. The Kier molecular flexibility index (Phi) is 4.84. The van der Waals surface area contributed by atoms with Crippen LogP contribution >= 0.6 is 11.3 Å². The van der Waals surface area contributed by atoms with Crippen molar-refractivity contribution in [2.45, 2.75) is 26.2 Å². The molecular weight excluding hydrogens is 384 g/mol. The van der Waals surface area contributed by atoms with Crippen molar-refractivity contribution in [2.75, 3.05) is 0 Å². The minimum atomic E-state index is -0.455. The number of thiophene rings is 1. The summed E-state index contributed by atoms with van der Waals surface area (Å²) in [5, 5.41) is 1.94. The highest BCUT2D eigenvalue weighted by molar-refractivity contribution is 7.10. The predicted octanol–water partition coefficient (Wildman–Crippen LogP) is 5.88. The van der Waals surface area contributed by atoms with Crippen molar-refractivity contribution in [3.8, 4) is 11.5 Å². The molecule has 1 aromatic heterocycles. The number of fused-ring (bicyclic) bond motifs is 1. The molecule has 2 heterocycles. The van der Waals surface area contributed by atoms with E-state index in [-0.39, 0.29) is 17.0 Å². The van der Waals surface area contributed by atoms with Crippen LogP contribution in [0.1, 0.15) is 51.9 Å². The smallest absolute Gasteiger partial charge is 0.343 e. The molecule has 0 aliphatic carbocycles. The standard InChI is InChI=1S/C24H20O4S/c1-24(2,3)16-8-6-15(7-9-16)23(26)27-17-10-11-19-20(13-17)28-21(22(19)25)14-18-5-4-12-29-18/h4-14H,1-3H3/b21-14-. The summed E-state index contributed by atoms with van der Waals surface area (Å²) in [7, 11) is 0. The zero-order valence-corrected chi connectivity index (χ0v) is 17.2. The third kappa shape index (κ3) is 4.00. The number of carbonyl (C=O) groups excluding carboxylic acids is 2. The van der Waals surface area contributed by atoms with Gasteiger partial charge in [0.05, 0.1) is 11.1 Å². The van der Waals surface area contributed by atoms with Gasteiger partial charge in [0, 0.05) is 17.0 Å². The molecule has 1 aliphatic rings. The number of hydrogen-bond donors (Lipinski definition) is 0. The van der Waals surface area contributed by atoms with Crippen molar-refractivity contribution >= 4 is 29.2 Å². The first-order chi connectivity index (χ1) is 13.8. The summed E-state index contributed by atoms with van der Waals surface area (Å²) in [6, 6.07) is 16.0. The fourth-order valence-electron chi connectivity index (χ4n) is 3.01. The minimum absolute atomic E-state index is 0.0145. The number of esters is 1. The van der Waals surface area contributed by atoms with Crippen molar-refractivity contribution in [1.29, 1.82) is 0 Å². The molecule has 0 amide bonds. The predicted molar refractivity (Wildman–Crippen MR) is 114 cm³/mol. The average molecular weight is 404 g/mol. The van der Waals surface area contributed by atoms with E-state index in [0.29, 0.717) is 22.6 Å². The summed E-state index contributed by atoms with van der Waals surface area (Å²) in [5.74, 6) is 0.363. The number of carbonyl (C=O) groups is 2. The summed E-state index contributed by atoms with van der Waals surface area (Å²) in [5.41, 5.74) is 2.08. The van der Waals surface area contributed by atoms with E-state index in [9.17, 15) is 9.59 Å². The van der Waals surface area contributed by atoms with Crippen LogP contribution in [0.4, 0.5) is 0 Å². The van der Waals surface area contributed by atoms with Gasteiger partial charge in [0.25, 0.3) is 0 Å². The maximum Gasteiger partial charge on any atom is 0.343 e. The quantitative estimate of drug-likeness (QED) is 0.311. The van der Waals surface area contributed by atoms with Gasteiger partial charge in [0.2, 0.25) is 5.78 Å². The lowest BCUT2D eigenvalue weighted by Gasteiger charge is -2.18. The molecule has 3 aromatic rings. The molecular formula is C24H20O4S. The molecule has 0 atom stereocenters. The third-order valence-electron chi connectivity index (χ3n) is 4.66.